The molecule has 0 atom stereocenters. The molecule has 2 aromatic rings. The third kappa shape index (κ3) is 3.89. The first-order valence-electron chi connectivity index (χ1n) is 6.17. The van der Waals surface area contributed by atoms with Gasteiger partial charge in [0.15, 0.2) is 0 Å². The third-order valence-corrected chi connectivity index (χ3v) is 2.57. The van der Waals surface area contributed by atoms with E-state index in [1.165, 1.54) is 5.56 Å². The van der Waals surface area contributed by atoms with Gasteiger partial charge in [-0.05, 0) is 23.8 Å². The molecule has 4 heteroatoms. The molecule has 0 radical (unpaired) electrons. The molecular formula is C14H18N4. The van der Waals surface area contributed by atoms with Gasteiger partial charge in [0.25, 0.3) is 0 Å². The molecule has 2 heterocycles. The second kappa shape index (κ2) is 6.21. The summed E-state index contributed by atoms with van der Waals surface area (Å²) in [7, 11) is 0. The van der Waals surface area contributed by atoms with Crippen LogP contribution in [0.5, 0.6) is 0 Å². The summed E-state index contributed by atoms with van der Waals surface area (Å²) in [5.41, 5.74) is 2.21. The lowest BCUT2D eigenvalue weighted by molar-refractivity contribution is 0.579. The molecule has 2 rings (SSSR count). The van der Waals surface area contributed by atoms with Crippen molar-refractivity contribution >= 4 is 0 Å². The average molecular weight is 242 g/mol. The van der Waals surface area contributed by atoms with Gasteiger partial charge in [-0.2, -0.15) is 0 Å². The molecule has 0 aromatic carbocycles. The molecule has 94 valence electrons. The highest BCUT2D eigenvalue weighted by Crippen LogP contribution is 2.04. The Labute approximate surface area is 108 Å². The van der Waals surface area contributed by atoms with Crippen molar-refractivity contribution < 1.29 is 0 Å². The molecule has 0 saturated heterocycles. The fourth-order valence-corrected chi connectivity index (χ4v) is 1.62. The van der Waals surface area contributed by atoms with E-state index >= 15 is 0 Å². The maximum absolute atomic E-state index is 4.55. The zero-order valence-corrected chi connectivity index (χ0v) is 10.8. The molecule has 0 aliphatic heterocycles. The molecule has 4 nitrogen and oxygen atoms in total. The molecule has 18 heavy (non-hydrogen) atoms. The fraction of sp³-hybridized carbons (Fsp3) is 0.357. The predicted octanol–water partition coefficient (Wildman–Crippen LogP) is 1.96. The van der Waals surface area contributed by atoms with Gasteiger partial charge in [0.05, 0.1) is 5.69 Å². The Balaban J connectivity index is 2.03. The summed E-state index contributed by atoms with van der Waals surface area (Å²) in [6, 6.07) is 6.39. The van der Waals surface area contributed by atoms with E-state index in [9.17, 15) is 0 Å². The number of rotatable bonds is 5. The predicted molar refractivity (Wildman–Crippen MR) is 71.1 cm³/mol. The zero-order valence-electron chi connectivity index (χ0n) is 10.8. The van der Waals surface area contributed by atoms with Crippen LogP contribution in [0.25, 0.3) is 0 Å². The van der Waals surface area contributed by atoms with E-state index in [1.54, 1.807) is 12.4 Å². The highest BCUT2D eigenvalue weighted by molar-refractivity contribution is 5.16. The van der Waals surface area contributed by atoms with Crippen molar-refractivity contribution in [2.75, 3.05) is 0 Å². The van der Waals surface area contributed by atoms with Crippen LogP contribution < -0.4 is 5.32 Å². The summed E-state index contributed by atoms with van der Waals surface area (Å²) in [6.07, 6.45) is 6.15. The Bertz CT molecular complexity index is 482. The standard InChI is InChI=1S/C14H18N4/c1-11(2)17-10-13-5-8-16-14(18-13)9-12-3-6-15-7-4-12/h3-8,11,17H,9-10H2,1-2H3. The van der Waals surface area contributed by atoms with E-state index < -0.39 is 0 Å². The van der Waals surface area contributed by atoms with Crippen molar-refractivity contribution in [1.82, 2.24) is 20.3 Å². The van der Waals surface area contributed by atoms with Crippen LogP contribution >= 0.6 is 0 Å². The Kier molecular flexibility index (Phi) is 4.36. The van der Waals surface area contributed by atoms with Gasteiger partial charge in [0.2, 0.25) is 0 Å². The minimum Gasteiger partial charge on any atom is -0.309 e. The molecule has 0 saturated carbocycles. The lowest BCUT2D eigenvalue weighted by atomic mass is 10.2. The molecule has 2 aromatic heterocycles. The van der Waals surface area contributed by atoms with Crippen LogP contribution in [0.15, 0.2) is 36.8 Å². The van der Waals surface area contributed by atoms with Crippen LogP contribution in [0.2, 0.25) is 0 Å². The number of pyridine rings is 1. The van der Waals surface area contributed by atoms with Gasteiger partial charge in [-0.3, -0.25) is 4.98 Å². The molecule has 0 spiro atoms. The normalized spacial score (nSPS) is 10.8. The van der Waals surface area contributed by atoms with Crippen molar-refractivity contribution in [2.45, 2.75) is 32.9 Å². The number of aromatic nitrogens is 3. The lowest BCUT2D eigenvalue weighted by Crippen LogP contribution is -2.22. The van der Waals surface area contributed by atoms with Gasteiger partial charge in [0, 0.05) is 37.6 Å². The van der Waals surface area contributed by atoms with Crippen LogP contribution in [0.1, 0.15) is 30.9 Å². The lowest BCUT2D eigenvalue weighted by Gasteiger charge is -2.08. The quantitative estimate of drug-likeness (QED) is 0.870. The molecule has 0 aliphatic carbocycles. The second-order valence-corrected chi connectivity index (χ2v) is 4.53. The second-order valence-electron chi connectivity index (χ2n) is 4.53. The van der Waals surface area contributed by atoms with Gasteiger partial charge in [-0.25, -0.2) is 9.97 Å². The van der Waals surface area contributed by atoms with Gasteiger partial charge in [-0.1, -0.05) is 13.8 Å². The van der Waals surface area contributed by atoms with Crippen LogP contribution in [0.4, 0.5) is 0 Å². The summed E-state index contributed by atoms with van der Waals surface area (Å²) in [6.45, 7) is 5.03. The van der Waals surface area contributed by atoms with Crippen LogP contribution in [-0.4, -0.2) is 21.0 Å². The van der Waals surface area contributed by atoms with Crippen molar-refractivity contribution in [3.63, 3.8) is 0 Å². The third-order valence-electron chi connectivity index (χ3n) is 2.57. The van der Waals surface area contributed by atoms with Gasteiger partial charge in [0.1, 0.15) is 5.82 Å². The highest BCUT2D eigenvalue weighted by atomic mass is 14.9. The number of nitrogens with zero attached hydrogens (tertiary/aromatic N) is 3. The van der Waals surface area contributed by atoms with E-state index in [1.807, 2.05) is 24.4 Å². The molecule has 0 bridgehead atoms. The Morgan fingerprint density at radius 2 is 1.89 bits per heavy atom. The summed E-state index contributed by atoms with van der Waals surface area (Å²) < 4.78 is 0. The molecular weight excluding hydrogens is 224 g/mol. The summed E-state index contributed by atoms with van der Waals surface area (Å²) in [4.78, 5) is 12.9. The van der Waals surface area contributed by atoms with Crippen molar-refractivity contribution in [2.24, 2.45) is 0 Å². The van der Waals surface area contributed by atoms with E-state index in [0.29, 0.717) is 6.04 Å². The summed E-state index contributed by atoms with van der Waals surface area (Å²) in [5, 5.41) is 3.35. The van der Waals surface area contributed by atoms with Crippen molar-refractivity contribution in [1.29, 1.82) is 0 Å². The smallest absolute Gasteiger partial charge is 0.132 e. The average Bonchev–Trinajstić information content (AvgIpc) is 2.38. The summed E-state index contributed by atoms with van der Waals surface area (Å²) >= 11 is 0. The number of nitrogens with one attached hydrogen (secondary N) is 1. The van der Waals surface area contributed by atoms with Crippen LogP contribution in [0, 0.1) is 0 Å². The molecule has 0 amide bonds. The SMILES string of the molecule is CC(C)NCc1ccnc(Cc2ccncc2)n1. The first-order valence-corrected chi connectivity index (χ1v) is 6.17. The molecule has 0 fully saturated rings. The van der Waals surface area contributed by atoms with Gasteiger partial charge in [-0.15, -0.1) is 0 Å². The Hall–Kier alpha value is -1.81. The van der Waals surface area contributed by atoms with Crippen LogP contribution in [-0.2, 0) is 13.0 Å². The van der Waals surface area contributed by atoms with E-state index in [4.69, 9.17) is 0 Å². The van der Waals surface area contributed by atoms with Crippen molar-refractivity contribution in [3.05, 3.63) is 53.9 Å². The van der Waals surface area contributed by atoms with Crippen LogP contribution in [0.3, 0.4) is 0 Å². The first kappa shape index (κ1) is 12.6. The maximum atomic E-state index is 4.55. The van der Waals surface area contributed by atoms with E-state index in [-0.39, 0.29) is 0 Å². The minimum absolute atomic E-state index is 0.462. The largest absolute Gasteiger partial charge is 0.309 e. The first-order chi connectivity index (χ1) is 8.74. The fourth-order valence-electron chi connectivity index (χ4n) is 1.62. The molecule has 0 unspecified atom stereocenters. The van der Waals surface area contributed by atoms with Crippen molar-refractivity contribution in [3.8, 4) is 0 Å². The number of hydrogen-bond acceptors (Lipinski definition) is 4. The van der Waals surface area contributed by atoms with E-state index in [2.05, 4.69) is 34.1 Å². The maximum Gasteiger partial charge on any atom is 0.132 e. The monoisotopic (exact) mass is 242 g/mol. The number of hydrogen-bond donors (Lipinski definition) is 1. The highest BCUT2D eigenvalue weighted by Gasteiger charge is 2.02. The Morgan fingerprint density at radius 1 is 1.11 bits per heavy atom. The molecule has 1 N–H and O–H groups in total. The minimum atomic E-state index is 0.462. The molecule has 0 aliphatic rings. The zero-order chi connectivity index (χ0) is 12.8. The van der Waals surface area contributed by atoms with E-state index in [0.717, 1.165) is 24.5 Å². The van der Waals surface area contributed by atoms with Gasteiger partial charge < -0.3 is 5.32 Å². The summed E-state index contributed by atoms with van der Waals surface area (Å²) in [5.74, 6) is 0.851. The topological polar surface area (TPSA) is 50.7 Å². The van der Waals surface area contributed by atoms with Gasteiger partial charge >= 0.3 is 0 Å². The Morgan fingerprint density at radius 3 is 2.61 bits per heavy atom.